The smallest absolute Gasteiger partial charge is 0.335 e. The van der Waals surface area contributed by atoms with E-state index in [2.05, 4.69) is 10.1 Å². The van der Waals surface area contributed by atoms with Gasteiger partial charge in [0.25, 0.3) is 0 Å². The lowest BCUT2D eigenvalue weighted by molar-refractivity contribution is 0.0696. The predicted octanol–water partition coefficient (Wildman–Crippen LogP) is 2.71. The minimum atomic E-state index is -0.952. The molecule has 5 heteroatoms. The average molecular weight is 259 g/mol. The number of hydrogen-bond acceptors (Lipinski definition) is 3. The summed E-state index contributed by atoms with van der Waals surface area (Å²) in [6.45, 7) is 7.79. The molecule has 19 heavy (non-hydrogen) atoms. The van der Waals surface area contributed by atoms with Crippen LogP contribution in [0.5, 0.6) is 0 Å². The van der Waals surface area contributed by atoms with E-state index >= 15 is 0 Å². The third-order valence-electron chi connectivity index (χ3n) is 2.90. The van der Waals surface area contributed by atoms with E-state index in [0.29, 0.717) is 5.82 Å². The third kappa shape index (κ3) is 2.65. The van der Waals surface area contributed by atoms with Gasteiger partial charge in [-0.15, -0.1) is 0 Å². The molecule has 0 fully saturated rings. The van der Waals surface area contributed by atoms with Crippen molar-refractivity contribution in [3.63, 3.8) is 0 Å². The first-order valence-corrected chi connectivity index (χ1v) is 6.17. The van der Waals surface area contributed by atoms with Crippen LogP contribution in [-0.2, 0) is 0 Å². The fraction of sp³-hybridized carbons (Fsp3) is 0.357. The SMILES string of the molecule is Cc1cc(C)n(-c2cc(C(=O)O)cc(C(C)C)n2)n1. The van der Waals surface area contributed by atoms with Gasteiger partial charge < -0.3 is 5.11 Å². The molecule has 2 heterocycles. The summed E-state index contributed by atoms with van der Waals surface area (Å²) in [6.07, 6.45) is 0. The highest BCUT2D eigenvalue weighted by Gasteiger charge is 2.13. The molecule has 0 amide bonds. The molecule has 0 aliphatic rings. The Morgan fingerprint density at radius 1 is 1.26 bits per heavy atom. The van der Waals surface area contributed by atoms with Gasteiger partial charge in [0.1, 0.15) is 0 Å². The second kappa shape index (κ2) is 4.84. The average Bonchev–Trinajstić information content (AvgIpc) is 2.67. The first-order valence-electron chi connectivity index (χ1n) is 6.17. The van der Waals surface area contributed by atoms with E-state index in [0.717, 1.165) is 17.1 Å². The van der Waals surface area contributed by atoms with E-state index < -0.39 is 5.97 Å². The summed E-state index contributed by atoms with van der Waals surface area (Å²) in [5, 5.41) is 13.5. The Bertz CT molecular complexity index is 630. The molecule has 0 aliphatic carbocycles. The van der Waals surface area contributed by atoms with Crippen molar-refractivity contribution in [2.75, 3.05) is 0 Å². The zero-order valence-electron chi connectivity index (χ0n) is 11.5. The number of carboxylic acids is 1. The van der Waals surface area contributed by atoms with Crippen molar-refractivity contribution in [1.29, 1.82) is 0 Å². The molecular weight excluding hydrogens is 242 g/mol. The van der Waals surface area contributed by atoms with Crippen LogP contribution in [-0.4, -0.2) is 25.8 Å². The van der Waals surface area contributed by atoms with Crippen molar-refractivity contribution < 1.29 is 9.90 Å². The molecule has 0 bridgehead atoms. The fourth-order valence-electron chi connectivity index (χ4n) is 1.93. The van der Waals surface area contributed by atoms with Gasteiger partial charge in [0.15, 0.2) is 5.82 Å². The topological polar surface area (TPSA) is 68.0 Å². The third-order valence-corrected chi connectivity index (χ3v) is 2.90. The van der Waals surface area contributed by atoms with Gasteiger partial charge in [-0.2, -0.15) is 5.10 Å². The highest BCUT2D eigenvalue weighted by molar-refractivity contribution is 5.88. The number of aromatic nitrogens is 3. The highest BCUT2D eigenvalue weighted by Crippen LogP contribution is 2.18. The summed E-state index contributed by atoms with van der Waals surface area (Å²) in [6, 6.07) is 5.10. The normalized spacial score (nSPS) is 11.0. The molecule has 0 spiro atoms. The maximum Gasteiger partial charge on any atom is 0.335 e. The van der Waals surface area contributed by atoms with Gasteiger partial charge in [0.2, 0.25) is 0 Å². The van der Waals surface area contributed by atoms with E-state index in [4.69, 9.17) is 0 Å². The van der Waals surface area contributed by atoms with Crippen molar-refractivity contribution in [3.8, 4) is 5.82 Å². The zero-order valence-corrected chi connectivity index (χ0v) is 11.5. The van der Waals surface area contributed by atoms with Gasteiger partial charge in [0, 0.05) is 11.4 Å². The van der Waals surface area contributed by atoms with Crippen molar-refractivity contribution in [2.24, 2.45) is 0 Å². The molecule has 2 aromatic heterocycles. The van der Waals surface area contributed by atoms with Crippen LogP contribution < -0.4 is 0 Å². The molecule has 0 unspecified atom stereocenters. The maximum atomic E-state index is 11.2. The maximum absolute atomic E-state index is 11.2. The Morgan fingerprint density at radius 2 is 1.95 bits per heavy atom. The van der Waals surface area contributed by atoms with Crippen molar-refractivity contribution in [1.82, 2.24) is 14.8 Å². The van der Waals surface area contributed by atoms with E-state index in [1.807, 2.05) is 33.8 Å². The van der Waals surface area contributed by atoms with Crippen molar-refractivity contribution in [2.45, 2.75) is 33.6 Å². The Morgan fingerprint density at radius 3 is 2.42 bits per heavy atom. The van der Waals surface area contributed by atoms with Crippen LogP contribution in [0.25, 0.3) is 5.82 Å². The lowest BCUT2D eigenvalue weighted by Crippen LogP contribution is -2.08. The summed E-state index contributed by atoms with van der Waals surface area (Å²) in [7, 11) is 0. The van der Waals surface area contributed by atoms with Crippen LogP contribution in [0.3, 0.4) is 0 Å². The summed E-state index contributed by atoms with van der Waals surface area (Å²) in [4.78, 5) is 15.7. The van der Waals surface area contributed by atoms with E-state index in [9.17, 15) is 9.90 Å². The Hall–Kier alpha value is -2.17. The Balaban J connectivity index is 2.62. The molecule has 2 rings (SSSR count). The van der Waals surface area contributed by atoms with Crippen LogP contribution in [0.15, 0.2) is 18.2 Å². The first-order chi connectivity index (χ1) is 8.88. The van der Waals surface area contributed by atoms with Gasteiger partial charge in [-0.05, 0) is 38.0 Å². The number of hydrogen-bond donors (Lipinski definition) is 1. The zero-order chi connectivity index (χ0) is 14.2. The summed E-state index contributed by atoms with van der Waals surface area (Å²) in [5.74, 6) is -0.240. The van der Waals surface area contributed by atoms with Crippen LogP contribution in [0, 0.1) is 13.8 Å². The monoisotopic (exact) mass is 259 g/mol. The van der Waals surface area contributed by atoms with Crippen LogP contribution in [0.1, 0.15) is 47.2 Å². The number of aromatic carboxylic acids is 1. The number of carboxylic acid groups (broad SMARTS) is 1. The molecule has 0 atom stereocenters. The summed E-state index contributed by atoms with van der Waals surface area (Å²) >= 11 is 0. The van der Waals surface area contributed by atoms with Crippen LogP contribution in [0.2, 0.25) is 0 Å². The molecule has 1 N–H and O–H groups in total. The highest BCUT2D eigenvalue weighted by atomic mass is 16.4. The molecule has 0 saturated heterocycles. The van der Waals surface area contributed by atoms with Gasteiger partial charge in [0.05, 0.1) is 11.3 Å². The minimum Gasteiger partial charge on any atom is -0.478 e. The van der Waals surface area contributed by atoms with Gasteiger partial charge >= 0.3 is 5.97 Å². The second-order valence-electron chi connectivity index (χ2n) is 4.94. The molecule has 5 nitrogen and oxygen atoms in total. The molecule has 0 aliphatic heterocycles. The van der Waals surface area contributed by atoms with Crippen LogP contribution in [0.4, 0.5) is 0 Å². The van der Waals surface area contributed by atoms with Crippen LogP contribution >= 0.6 is 0 Å². The standard InChI is InChI=1S/C14H17N3O2/c1-8(2)12-6-11(14(18)19)7-13(15-12)17-10(4)5-9(3)16-17/h5-8H,1-4H3,(H,18,19). The Labute approximate surface area is 111 Å². The number of aryl methyl sites for hydroxylation is 2. The second-order valence-corrected chi connectivity index (χ2v) is 4.94. The van der Waals surface area contributed by atoms with Gasteiger partial charge in [-0.1, -0.05) is 13.8 Å². The largest absolute Gasteiger partial charge is 0.478 e. The van der Waals surface area contributed by atoms with Gasteiger partial charge in [-0.3, -0.25) is 0 Å². The number of carbonyl (C=O) groups is 1. The number of rotatable bonds is 3. The van der Waals surface area contributed by atoms with Gasteiger partial charge in [-0.25, -0.2) is 14.5 Å². The van der Waals surface area contributed by atoms with E-state index in [-0.39, 0.29) is 11.5 Å². The molecule has 0 saturated carbocycles. The Kier molecular flexibility index (Phi) is 3.38. The lowest BCUT2D eigenvalue weighted by Gasteiger charge is -2.10. The molecular formula is C14H17N3O2. The molecule has 0 aromatic carbocycles. The van der Waals surface area contributed by atoms with Crippen molar-refractivity contribution in [3.05, 3.63) is 40.8 Å². The number of pyridine rings is 1. The minimum absolute atomic E-state index is 0.162. The first kappa shape index (κ1) is 13.3. The van der Waals surface area contributed by atoms with E-state index in [1.165, 1.54) is 0 Å². The molecule has 2 aromatic rings. The summed E-state index contributed by atoms with van der Waals surface area (Å²) < 4.78 is 1.67. The quantitative estimate of drug-likeness (QED) is 0.920. The molecule has 0 radical (unpaired) electrons. The molecule has 100 valence electrons. The lowest BCUT2D eigenvalue weighted by atomic mass is 10.1. The van der Waals surface area contributed by atoms with E-state index in [1.54, 1.807) is 16.8 Å². The van der Waals surface area contributed by atoms with Crippen molar-refractivity contribution >= 4 is 5.97 Å². The fourth-order valence-corrected chi connectivity index (χ4v) is 1.93. The number of nitrogens with zero attached hydrogens (tertiary/aromatic N) is 3. The predicted molar refractivity (Wildman–Crippen MR) is 71.9 cm³/mol. The summed E-state index contributed by atoms with van der Waals surface area (Å²) in [5.41, 5.74) is 2.80.